The third kappa shape index (κ3) is 3.35. The van der Waals surface area contributed by atoms with Gasteiger partial charge in [-0.15, -0.1) is 0 Å². The van der Waals surface area contributed by atoms with Crippen LogP contribution in [0.5, 0.6) is 0 Å². The molecule has 0 spiro atoms. The van der Waals surface area contributed by atoms with Crippen LogP contribution < -0.4 is 5.32 Å². The maximum atomic E-state index is 4.67. The van der Waals surface area contributed by atoms with Gasteiger partial charge in [0.2, 0.25) is 0 Å². The molecule has 0 bridgehead atoms. The molecule has 18 heavy (non-hydrogen) atoms. The van der Waals surface area contributed by atoms with Gasteiger partial charge in [-0.1, -0.05) is 20.8 Å². The molecule has 1 aromatic heterocycles. The molecule has 0 aliphatic rings. The zero-order valence-electron chi connectivity index (χ0n) is 12.3. The van der Waals surface area contributed by atoms with Gasteiger partial charge in [0.1, 0.15) is 0 Å². The van der Waals surface area contributed by atoms with E-state index in [0.29, 0.717) is 0 Å². The summed E-state index contributed by atoms with van der Waals surface area (Å²) in [6.07, 6.45) is 3.21. The van der Waals surface area contributed by atoms with E-state index in [-0.39, 0.29) is 5.41 Å². The number of aromatic nitrogens is 2. The Kier molecular flexibility index (Phi) is 5.86. The third-order valence-corrected chi connectivity index (χ3v) is 4.66. The highest BCUT2D eigenvalue weighted by Crippen LogP contribution is 2.31. The van der Waals surface area contributed by atoms with E-state index < -0.39 is 0 Å². The Hall–Kier alpha value is -0.350. The molecule has 0 aliphatic carbocycles. The summed E-state index contributed by atoms with van der Waals surface area (Å²) in [6.45, 7) is 10.9. The minimum atomic E-state index is 0.287. The fourth-order valence-electron chi connectivity index (χ4n) is 2.33. The van der Waals surface area contributed by atoms with Gasteiger partial charge in [0, 0.05) is 13.1 Å². The number of halogens is 1. The number of rotatable bonds is 7. The quantitative estimate of drug-likeness (QED) is 0.835. The molecule has 0 aromatic carbocycles. The number of nitrogens with one attached hydrogen (secondary N) is 1. The van der Waals surface area contributed by atoms with Crippen molar-refractivity contribution in [1.29, 1.82) is 0 Å². The summed E-state index contributed by atoms with van der Waals surface area (Å²) in [7, 11) is 2.03. The molecule has 1 aromatic rings. The number of nitrogens with zero attached hydrogens (tertiary/aromatic N) is 2. The average Bonchev–Trinajstić information content (AvgIpc) is 2.66. The molecular weight excluding hydrogens is 290 g/mol. The van der Waals surface area contributed by atoms with Crippen LogP contribution >= 0.6 is 15.9 Å². The predicted molar refractivity (Wildman–Crippen MR) is 81.0 cm³/mol. The largest absolute Gasteiger partial charge is 0.319 e. The lowest BCUT2D eigenvalue weighted by molar-refractivity contribution is 0.290. The first-order valence-electron chi connectivity index (χ1n) is 6.90. The standard InChI is InChI=1S/C14H26BrN3/c1-6-11-13(15)12(18(8-3)17-11)9-14(4,7-2)10-16-5/h16H,6-10H2,1-5H3. The van der Waals surface area contributed by atoms with Crippen LogP contribution in [-0.2, 0) is 19.4 Å². The fourth-order valence-corrected chi connectivity index (χ4v) is 3.03. The molecule has 0 amide bonds. The maximum Gasteiger partial charge on any atom is 0.0766 e. The Morgan fingerprint density at radius 3 is 2.44 bits per heavy atom. The highest BCUT2D eigenvalue weighted by Gasteiger charge is 2.26. The van der Waals surface area contributed by atoms with E-state index in [1.807, 2.05) is 7.05 Å². The molecule has 1 rings (SSSR count). The van der Waals surface area contributed by atoms with Crippen LogP contribution in [0.15, 0.2) is 4.47 Å². The lowest BCUT2D eigenvalue weighted by atomic mass is 9.82. The number of hydrogen-bond acceptors (Lipinski definition) is 2. The van der Waals surface area contributed by atoms with E-state index in [0.717, 1.165) is 32.4 Å². The van der Waals surface area contributed by atoms with Crippen LogP contribution in [0.1, 0.15) is 45.5 Å². The molecule has 0 radical (unpaired) electrons. The van der Waals surface area contributed by atoms with Crippen LogP contribution in [0.4, 0.5) is 0 Å². The van der Waals surface area contributed by atoms with Crippen molar-refractivity contribution in [1.82, 2.24) is 15.1 Å². The summed E-state index contributed by atoms with van der Waals surface area (Å²) in [6, 6.07) is 0. The normalized spacial score (nSPS) is 14.8. The summed E-state index contributed by atoms with van der Waals surface area (Å²) in [5.74, 6) is 0. The molecule has 3 nitrogen and oxygen atoms in total. The van der Waals surface area contributed by atoms with E-state index in [2.05, 4.69) is 58.7 Å². The first-order chi connectivity index (χ1) is 8.51. The Morgan fingerprint density at radius 1 is 1.33 bits per heavy atom. The Morgan fingerprint density at radius 2 is 2.00 bits per heavy atom. The van der Waals surface area contributed by atoms with Crippen molar-refractivity contribution in [2.75, 3.05) is 13.6 Å². The number of hydrogen-bond donors (Lipinski definition) is 1. The highest BCUT2D eigenvalue weighted by atomic mass is 79.9. The van der Waals surface area contributed by atoms with Crippen molar-refractivity contribution in [2.24, 2.45) is 5.41 Å². The van der Waals surface area contributed by atoms with Crippen LogP contribution in [-0.4, -0.2) is 23.4 Å². The van der Waals surface area contributed by atoms with E-state index in [1.165, 1.54) is 15.9 Å². The highest BCUT2D eigenvalue weighted by molar-refractivity contribution is 9.10. The van der Waals surface area contributed by atoms with E-state index in [9.17, 15) is 0 Å². The first-order valence-corrected chi connectivity index (χ1v) is 7.69. The summed E-state index contributed by atoms with van der Waals surface area (Å²) >= 11 is 3.73. The molecule has 4 heteroatoms. The smallest absolute Gasteiger partial charge is 0.0766 e. The minimum absolute atomic E-state index is 0.287. The lowest BCUT2D eigenvalue weighted by Crippen LogP contribution is -2.32. The number of aryl methyl sites for hydroxylation is 2. The Labute approximate surface area is 119 Å². The molecule has 1 heterocycles. The van der Waals surface area contributed by atoms with Crippen LogP contribution in [0, 0.1) is 5.41 Å². The third-order valence-electron chi connectivity index (χ3n) is 3.75. The fraction of sp³-hybridized carbons (Fsp3) is 0.786. The van der Waals surface area contributed by atoms with Crippen molar-refractivity contribution in [2.45, 2.75) is 53.5 Å². The topological polar surface area (TPSA) is 29.9 Å². The molecule has 0 fully saturated rings. The molecule has 0 aliphatic heterocycles. The van der Waals surface area contributed by atoms with Crippen LogP contribution in [0.3, 0.4) is 0 Å². The van der Waals surface area contributed by atoms with Gasteiger partial charge in [-0.2, -0.15) is 5.10 Å². The van der Waals surface area contributed by atoms with Gasteiger partial charge >= 0.3 is 0 Å². The van der Waals surface area contributed by atoms with Gasteiger partial charge in [-0.25, -0.2) is 0 Å². The molecule has 0 saturated heterocycles. The van der Waals surface area contributed by atoms with Crippen molar-refractivity contribution in [3.05, 3.63) is 15.9 Å². The van der Waals surface area contributed by atoms with Crippen LogP contribution in [0.25, 0.3) is 0 Å². The van der Waals surface area contributed by atoms with E-state index in [4.69, 9.17) is 0 Å². The van der Waals surface area contributed by atoms with Gasteiger partial charge < -0.3 is 5.32 Å². The van der Waals surface area contributed by atoms with E-state index >= 15 is 0 Å². The van der Waals surface area contributed by atoms with E-state index in [1.54, 1.807) is 0 Å². The summed E-state index contributed by atoms with van der Waals surface area (Å²) in [4.78, 5) is 0. The molecule has 1 N–H and O–H groups in total. The average molecular weight is 316 g/mol. The monoisotopic (exact) mass is 315 g/mol. The molecule has 104 valence electrons. The second-order valence-corrected chi connectivity index (χ2v) is 6.04. The zero-order chi connectivity index (χ0) is 13.8. The van der Waals surface area contributed by atoms with Crippen molar-refractivity contribution in [3.8, 4) is 0 Å². The van der Waals surface area contributed by atoms with Gasteiger partial charge in [0.15, 0.2) is 0 Å². The molecular formula is C14H26BrN3. The summed E-state index contributed by atoms with van der Waals surface area (Å²) in [5, 5.41) is 7.99. The SMILES string of the molecule is CCc1nn(CC)c(CC(C)(CC)CNC)c1Br. The van der Waals surface area contributed by atoms with Crippen molar-refractivity contribution < 1.29 is 0 Å². The zero-order valence-corrected chi connectivity index (χ0v) is 13.9. The Balaban J connectivity index is 3.05. The maximum absolute atomic E-state index is 4.67. The van der Waals surface area contributed by atoms with Crippen LogP contribution in [0.2, 0.25) is 0 Å². The molecule has 0 saturated carbocycles. The lowest BCUT2D eigenvalue weighted by Gasteiger charge is -2.28. The summed E-state index contributed by atoms with van der Waals surface area (Å²) in [5.41, 5.74) is 2.80. The minimum Gasteiger partial charge on any atom is -0.319 e. The van der Waals surface area contributed by atoms with Gasteiger partial charge in [0.25, 0.3) is 0 Å². The van der Waals surface area contributed by atoms with Gasteiger partial charge in [-0.3, -0.25) is 4.68 Å². The van der Waals surface area contributed by atoms with Gasteiger partial charge in [0.05, 0.1) is 15.9 Å². The molecule has 1 unspecified atom stereocenters. The second kappa shape index (κ2) is 6.71. The Bertz CT molecular complexity index is 387. The summed E-state index contributed by atoms with van der Waals surface area (Å²) < 4.78 is 3.36. The van der Waals surface area contributed by atoms with Crippen molar-refractivity contribution in [3.63, 3.8) is 0 Å². The second-order valence-electron chi connectivity index (χ2n) is 5.25. The van der Waals surface area contributed by atoms with Gasteiger partial charge in [-0.05, 0) is 54.6 Å². The first kappa shape index (κ1) is 15.7. The van der Waals surface area contributed by atoms with Crippen molar-refractivity contribution >= 4 is 15.9 Å². The predicted octanol–water partition coefficient (Wildman–Crippen LogP) is 3.41. The molecule has 1 atom stereocenters.